The van der Waals surface area contributed by atoms with Gasteiger partial charge < -0.3 is 4.74 Å². The van der Waals surface area contributed by atoms with E-state index in [0.717, 1.165) is 5.56 Å². The molecule has 0 fully saturated rings. The van der Waals surface area contributed by atoms with E-state index in [2.05, 4.69) is 4.74 Å². The van der Waals surface area contributed by atoms with Crippen LogP contribution in [0.15, 0.2) is 36.4 Å². The summed E-state index contributed by atoms with van der Waals surface area (Å²) in [7, 11) is 0. The molecular weight excluding hydrogens is 216 g/mol. The Bertz CT molecular complexity index is 405. The van der Waals surface area contributed by atoms with Crippen molar-refractivity contribution in [2.75, 3.05) is 0 Å². The molecule has 0 heterocycles. The van der Waals surface area contributed by atoms with Gasteiger partial charge in [0, 0.05) is 12.5 Å². The molecular formula is C14H16O3. The van der Waals surface area contributed by atoms with Crippen molar-refractivity contribution in [2.24, 2.45) is 5.92 Å². The van der Waals surface area contributed by atoms with Crippen molar-refractivity contribution in [1.82, 2.24) is 0 Å². The van der Waals surface area contributed by atoms with Crippen LogP contribution >= 0.6 is 0 Å². The maximum atomic E-state index is 11.3. The molecule has 0 aliphatic rings. The second kappa shape index (κ2) is 6.63. The Morgan fingerprint density at radius 3 is 2.47 bits per heavy atom. The zero-order valence-corrected chi connectivity index (χ0v) is 10.1. The van der Waals surface area contributed by atoms with Crippen LogP contribution in [0.3, 0.4) is 0 Å². The maximum absolute atomic E-state index is 11.3. The lowest BCUT2D eigenvalue weighted by Gasteiger charge is -2.02. The van der Waals surface area contributed by atoms with E-state index in [1.165, 1.54) is 6.08 Å². The molecule has 0 saturated heterocycles. The summed E-state index contributed by atoms with van der Waals surface area (Å²) >= 11 is 0. The van der Waals surface area contributed by atoms with Crippen LogP contribution in [0.2, 0.25) is 0 Å². The van der Waals surface area contributed by atoms with E-state index >= 15 is 0 Å². The minimum absolute atomic E-state index is 0.188. The van der Waals surface area contributed by atoms with Gasteiger partial charge in [0.25, 0.3) is 0 Å². The van der Waals surface area contributed by atoms with Crippen molar-refractivity contribution in [2.45, 2.75) is 20.3 Å². The molecule has 17 heavy (non-hydrogen) atoms. The van der Waals surface area contributed by atoms with E-state index in [4.69, 9.17) is 0 Å². The van der Waals surface area contributed by atoms with Crippen LogP contribution in [0, 0.1) is 5.92 Å². The molecule has 0 N–H and O–H groups in total. The number of carbonyl (C=O) groups is 2. The summed E-state index contributed by atoms with van der Waals surface area (Å²) in [6.45, 7) is 3.79. The van der Waals surface area contributed by atoms with Crippen molar-refractivity contribution < 1.29 is 14.3 Å². The average Bonchev–Trinajstić information content (AvgIpc) is 2.26. The summed E-state index contributed by atoms with van der Waals surface area (Å²) in [6, 6.07) is 9.35. The topological polar surface area (TPSA) is 43.4 Å². The molecule has 0 aliphatic heterocycles. The summed E-state index contributed by atoms with van der Waals surface area (Å²) < 4.78 is 4.62. The smallest absolute Gasteiger partial charge is 0.338 e. The molecule has 0 radical (unpaired) electrons. The Balaban J connectivity index is 2.45. The maximum Gasteiger partial charge on any atom is 0.338 e. The van der Waals surface area contributed by atoms with Crippen molar-refractivity contribution in [1.29, 1.82) is 0 Å². The monoisotopic (exact) mass is 232 g/mol. The Hall–Kier alpha value is -1.90. The number of carbonyl (C=O) groups excluding carboxylic acids is 2. The van der Waals surface area contributed by atoms with Gasteiger partial charge in [0.15, 0.2) is 0 Å². The highest BCUT2D eigenvalue weighted by molar-refractivity contribution is 5.94. The van der Waals surface area contributed by atoms with E-state index in [0.29, 0.717) is 0 Å². The fraction of sp³-hybridized carbons (Fsp3) is 0.286. The van der Waals surface area contributed by atoms with E-state index in [-0.39, 0.29) is 12.3 Å². The largest absolute Gasteiger partial charge is 0.390 e. The number of rotatable bonds is 4. The lowest BCUT2D eigenvalue weighted by Crippen LogP contribution is -2.11. The second-order valence-corrected chi connectivity index (χ2v) is 4.14. The molecule has 1 aromatic carbocycles. The Morgan fingerprint density at radius 2 is 1.88 bits per heavy atom. The Kier molecular flexibility index (Phi) is 5.14. The first-order valence-corrected chi connectivity index (χ1v) is 5.55. The van der Waals surface area contributed by atoms with Crippen molar-refractivity contribution >= 4 is 18.0 Å². The molecule has 90 valence electrons. The zero-order chi connectivity index (χ0) is 12.7. The van der Waals surface area contributed by atoms with Crippen molar-refractivity contribution in [3.63, 3.8) is 0 Å². The average molecular weight is 232 g/mol. The lowest BCUT2D eigenvalue weighted by molar-refractivity contribution is -0.156. The minimum atomic E-state index is -0.625. The summed E-state index contributed by atoms with van der Waals surface area (Å²) in [5, 5.41) is 0. The van der Waals surface area contributed by atoms with Gasteiger partial charge >= 0.3 is 11.9 Å². The summed E-state index contributed by atoms with van der Waals surface area (Å²) in [5.41, 5.74) is 0.890. The number of hydrogen-bond acceptors (Lipinski definition) is 3. The molecule has 0 amide bonds. The highest BCUT2D eigenvalue weighted by Gasteiger charge is 2.09. The third-order valence-corrected chi connectivity index (χ3v) is 2.00. The number of esters is 2. The van der Waals surface area contributed by atoms with Crippen LogP contribution in [0.5, 0.6) is 0 Å². The predicted octanol–water partition coefficient (Wildman–Crippen LogP) is 2.82. The van der Waals surface area contributed by atoms with Gasteiger partial charge in [-0.3, -0.25) is 4.79 Å². The minimum Gasteiger partial charge on any atom is -0.390 e. The van der Waals surface area contributed by atoms with Crippen molar-refractivity contribution in [3.8, 4) is 0 Å². The van der Waals surface area contributed by atoms with Crippen LogP contribution in [0.4, 0.5) is 0 Å². The lowest BCUT2D eigenvalue weighted by atomic mass is 10.1. The Labute approximate surface area is 101 Å². The van der Waals surface area contributed by atoms with Gasteiger partial charge in [0.2, 0.25) is 0 Å². The SMILES string of the molecule is CC(C)CC(=O)OC(=O)/C=C/c1ccccc1. The van der Waals surface area contributed by atoms with E-state index < -0.39 is 11.9 Å². The van der Waals surface area contributed by atoms with Gasteiger partial charge in [-0.1, -0.05) is 44.2 Å². The van der Waals surface area contributed by atoms with Crippen LogP contribution in [0.25, 0.3) is 6.08 Å². The predicted molar refractivity (Wildman–Crippen MR) is 66.0 cm³/mol. The highest BCUT2D eigenvalue weighted by Crippen LogP contribution is 2.03. The van der Waals surface area contributed by atoms with Gasteiger partial charge in [-0.25, -0.2) is 4.79 Å². The number of hydrogen-bond donors (Lipinski definition) is 0. The molecule has 0 aliphatic carbocycles. The van der Waals surface area contributed by atoms with Gasteiger partial charge in [0.1, 0.15) is 0 Å². The first-order valence-electron chi connectivity index (χ1n) is 5.55. The zero-order valence-electron chi connectivity index (χ0n) is 10.1. The quantitative estimate of drug-likeness (QED) is 0.455. The van der Waals surface area contributed by atoms with E-state index in [1.807, 2.05) is 44.2 Å². The van der Waals surface area contributed by atoms with Crippen LogP contribution in [0.1, 0.15) is 25.8 Å². The molecule has 0 aromatic heterocycles. The molecule has 1 aromatic rings. The molecule has 0 atom stereocenters. The fourth-order valence-electron chi connectivity index (χ4n) is 1.25. The van der Waals surface area contributed by atoms with Crippen LogP contribution in [-0.4, -0.2) is 11.9 Å². The molecule has 0 unspecified atom stereocenters. The highest BCUT2D eigenvalue weighted by atomic mass is 16.6. The van der Waals surface area contributed by atoms with E-state index in [9.17, 15) is 9.59 Å². The van der Waals surface area contributed by atoms with E-state index in [1.54, 1.807) is 6.08 Å². The standard InChI is InChI=1S/C14H16O3/c1-11(2)10-14(16)17-13(15)9-8-12-6-4-3-5-7-12/h3-9,11H,10H2,1-2H3/b9-8+. The molecule has 3 nitrogen and oxygen atoms in total. The van der Waals surface area contributed by atoms with Crippen LogP contribution in [-0.2, 0) is 14.3 Å². The third kappa shape index (κ3) is 5.66. The summed E-state index contributed by atoms with van der Waals surface area (Å²) in [4.78, 5) is 22.5. The summed E-state index contributed by atoms with van der Waals surface area (Å²) in [6.07, 6.45) is 3.13. The molecule has 0 spiro atoms. The third-order valence-electron chi connectivity index (χ3n) is 2.00. The van der Waals surface area contributed by atoms with Gasteiger partial charge in [-0.05, 0) is 17.6 Å². The first kappa shape index (κ1) is 13.2. The van der Waals surface area contributed by atoms with Gasteiger partial charge in [-0.15, -0.1) is 0 Å². The molecule has 1 rings (SSSR count). The summed E-state index contributed by atoms with van der Waals surface area (Å²) in [5.74, 6) is -0.921. The normalized spacial score (nSPS) is 10.8. The fourth-order valence-corrected chi connectivity index (χ4v) is 1.25. The van der Waals surface area contributed by atoms with Crippen molar-refractivity contribution in [3.05, 3.63) is 42.0 Å². The van der Waals surface area contributed by atoms with Gasteiger partial charge in [-0.2, -0.15) is 0 Å². The molecule has 0 saturated carbocycles. The molecule has 0 bridgehead atoms. The first-order chi connectivity index (χ1) is 8.08. The Morgan fingerprint density at radius 1 is 1.24 bits per heavy atom. The number of ether oxygens (including phenoxy) is 1. The van der Waals surface area contributed by atoms with Gasteiger partial charge in [0.05, 0.1) is 0 Å². The number of benzene rings is 1. The second-order valence-electron chi connectivity index (χ2n) is 4.14. The van der Waals surface area contributed by atoms with Crippen LogP contribution < -0.4 is 0 Å². The molecule has 3 heteroatoms.